The van der Waals surface area contributed by atoms with Crippen molar-refractivity contribution >= 4 is 43.9 Å². The molecule has 6 nitrogen and oxygen atoms in total. The Morgan fingerprint density at radius 1 is 0.947 bits per heavy atom. The van der Waals surface area contributed by atoms with Crippen LogP contribution in [0, 0.1) is 5.92 Å². The number of ether oxygens (including phenoxy) is 1. The van der Waals surface area contributed by atoms with Gasteiger partial charge >= 0.3 is 0 Å². The summed E-state index contributed by atoms with van der Waals surface area (Å²) in [6, 6.07) is 17.5. The molecule has 0 saturated heterocycles. The van der Waals surface area contributed by atoms with Gasteiger partial charge in [-0.3, -0.25) is 9.59 Å². The van der Waals surface area contributed by atoms with Gasteiger partial charge < -0.3 is 15.4 Å². The average molecular weight is 532 g/mol. The monoisotopic (exact) mass is 531 g/mol. The van der Waals surface area contributed by atoms with Gasteiger partial charge in [0.25, 0.3) is 5.56 Å². The minimum absolute atomic E-state index is 0.0628. The molecule has 0 bridgehead atoms. The maximum Gasteiger partial charge on any atom is 0.257 e. The second-order valence-electron chi connectivity index (χ2n) is 10.1. The van der Waals surface area contributed by atoms with E-state index in [-0.39, 0.29) is 17.4 Å². The number of nitrogens with zero attached hydrogens (tertiary/aromatic N) is 1. The predicted octanol–water partition coefficient (Wildman–Crippen LogP) is 6.69. The van der Waals surface area contributed by atoms with Crippen LogP contribution in [0.5, 0.6) is 5.75 Å². The summed E-state index contributed by atoms with van der Waals surface area (Å²) >= 11 is 1.77. The van der Waals surface area contributed by atoms with Crippen molar-refractivity contribution in [2.24, 2.45) is 5.92 Å². The van der Waals surface area contributed by atoms with Crippen molar-refractivity contribution in [3.8, 4) is 5.75 Å². The maximum atomic E-state index is 13.3. The minimum atomic E-state index is -0.253. The Labute approximate surface area is 228 Å². The summed E-state index contributed by atoms with van der Waals surface area (Å²) in [7, 11) is 0. The quantitative estimate of drug-likeness (QED) is 0.167. The van der Waals surface area contributed by atoms with Gasteiger partial charge in [-0.05, 0) is 79.4 Å². The molecular weight excluding hydrogens is 494 g/mol. The second-order valence-corrected chi connectivity index (χ2v) is 11.1. The number of fused-ring (bicyclic) bond motifs is 2. The lowest BCUT2D eigenvalue weighted by Crippen LogP contribution is -2.31. The molecule has 1 aliphatic rings. The molecule has 5 rings (SSSR count). The highest BCUT2D eigenvalue weighted by Crippen LogP contribution is 2.28. The molecule has 0 radical (unpaired) electrons. The molecule has 38 heavy (non-hydrogen) atoms. The van der Waals surface area contributed by atoms with Gasteiger partial charge in [-0.2, -0.15) is 0 Å². The fourth-order valence-electron chi connectivity index (χ4n) is 5.34. The number of pyridine rings is 1. The van der Waals surface area contributed by atoms with Crippen LogP contribution in [0.25, 0.3) is 21.0 Å². The number of hydrogen-bond acceptors (Lipinski definition) is 6. The molecular formula is C31H37N3O3S. The highest BCUT2D eigenvalue weighted by molar-refractivity contribution is 7.17. The van der Waals surface area contributed by atoms with Crippen LogP contribution in [0.1, 0.15) is 56.2 Å². The van der Waals surface area contributed by atoms with Crippen molar-refractivity contribution < 1.29 is 9.53 Å². The first-order valence-corrected chi connectivity index (χ1v) is 14.8. The summed E-state index contributed by atoms with van der Waals surface area (Å²) < 4.78 is 8.70. The Kier molecular flexibility index (Phi) is 9.10. The Balaban J connectivity index is 1.07. The zero-order valence-electron chi connectivity index (χ0n) is 21.9. The topological polar surface area (TPSA) is 72.4 Å². The van der Waals surface area contributed by atoms with E-state index < -0.39 is 0 Å². The third-order valence-electron chi connectivity index (χ3n) is 7.42. The lowest BCUT2D eigenvalue weighted by molar-refractivity contribution is 0.0822. The van der Waals surface area contributed by atoms with Gasteiger partial charge in [-0.1, -0.05) is 31.7 Å². The Morgan fingerprint density at radius 3 is 2.66 bits per heavy atom. The van der Waals surface area contributed by atoms with Crippen LogP contribution in [0.15, 0.2) is 64.8 Å². The molecule has 2 aromatic carbocycles. The Hall–Kier alpha value is -3.16. The normalized spacial score (nSPS) is 14.5. The van der Waals surface area contributed by atoms with Crippen molar-refractivity contribution in [3.63, 3.8) is 0 Å². The van der Waals surface area contributed by atoms with Gasteiger partial charge in [-0.15, -0.1) is 11.3 Å². The van der Waals surface area contributed by atoms with E-state index in [9.17, 15) is 9.59 Å². The molecule has 0 unspecified atom stereocenters. The zero-order chi connectivity index (χ0) is 26.2. The summed E-state index contributed by atoms with van der Waals surface area (Å²) in [5.41, 5.74) is 1.59. The first kappa shape index (κ1) is 26.4. The molecule has 1 aliphatic carbocycles. The Morgan fingerprint density at radius 2 is 1.79 bits per heavy atom. The van der Waals surface area contributed by atoms with E-state index in [1.807, 2.05) is 18.2 Å². The van der Waals surface area contributed by atoms with Crippen molar-refractivity contribution in [2.45, 2.75) is 51.4 Å². The summed E-state index contributed by atoms with van der Waals surface area (Å²) in [4.78, 5) is 26.1. The van der Waals surface area contributed by atoms with Crippen LogP contribution in [-0.4, -0.2) is 36.7 Å². The molecule has 200 valence electrons. The molecule has 2 aromatic heterocycles. The van der Waals surface area contributed by atoms with Crippen LogP contribution in [0.4, 0.5) is 5.69 Å². The van der Waals surface area contributed by atoms with Crippen molar-refractivity contribution in [1.82, 2.24) is 9.88 Å². The SMILES string of the molecule is O=C(C1CCCCCC1)n1c(=O)ccc2ccc(OCCCCNCCNc3cccc4sccc34)cc21. The van der Waals surface area contributed by atoms with Gasteiger partial charge in [0, 0.05) is 46.9 Å². The zero-order valence-corrected chi connectivity index (χ0v) is 22.7. The number of rotatable bonds is 11. The number of hydrogen-bond donors (Lipinski definition) is 2. The van der Waals surface area contributed by atoms with Crippen molar-refractivity contribution in [2.75, 3.05) is 31.6 Å². The third kappa shape index (κ3) is 6.45. The number of anilines is 1. The van der Waals surface area contributed by atoms with Crippen LogP contribution in [0.3, 0.4) is 0 Å². The van der Waals surface area contributed by atoms with Crippen molar-refractivity contribution in [3.05, 3.63) is 70.3 Å². The maximum absolute atomic E-state index is 13.3. The second kappa shape index (κ2) is 13.1. The summed E-state index contributed by atoms with van der Waals surface area (Å²) in [6.45, 7) is 3.31. The van der Waals surface area contributed by atoms with E-state index >= 15 is 0 Å². The summed E-state index contributed by atoms with van der Waals surface area (Å²) in [5.74, 6) is 0.565. The molecule has 4 aromatic rings. The standard InChI is InChI=1S/C31H37N3O3S/c35-30-15-13-23-12-14-25(22-28(23)34(30)31(36)24-8-3-1-2-4-9-24)37-20-6-5-17-32-18-19-33-27-10-7-11-29-26(27)16-21-38-29/h7,10-16,21-22,24,32-33H,1-6,8-9,17-20H2. The highest BCUT2D eigenvalue weighted by atomic mass is 32.1. The largest absolute Gasteiger partial charge is 0.494 e. The fourth-order valence-corrected chi connectivity index (χ4v) is 6.15. The van der Waals surface area contributed by atoms with Gasteiger partial charge in [-0.25, -0.2) is 4.57 Å². The molecule has 0 aliphatic heterocycles. The predicted molar refractivity (Wildman–Crippen MR) is 158 cm³/mol. The molecule has 1 saturated carbocycles. The highest BCUT2D eigenvalue weighted by Gasteiger charge is 2.23. The van der Waals surface area contributed by atoms with E-state index in [0.29, 0.717) is 17.9 Å². The number of carbonyl (C=O) groups excluding carboxylic acids is 1. The number of carbonyl (C=O) groups is 1. The van der Waals surface area contributed by atoms with Gasteiger partial charge in [0.1, 0.15) is 5.75 Å². The molecule has 0 spiro atoms. The molecule has 2 heterocycles. The average Bonchev–Trinajstić information content (AvgIpc) is 3.26. The van der Waals surface area contributed by atoms with E-state index in [4.69, 9.17) is 4.74 Å². The molecule has 2 N–H and O–H groups in total. The minimum Gasteiger partial charge on any atom is -0.494 e. The third-order valence-corrected chi connectivity index (χ3v) is 8.31. The fraction of sp³-hybridized carbons (Fsp3) is 0.419. The van der Waals surface area contributed by atoms with E-state index in [2.05, 4.69) is 40.3 Å². The van der Waals surface area contributed by atoms with Crippen LogP contribution < -0.4 is 20.9 Å². The first-order chi connectivity index (χ1) is 18.7. The number of aromatic nitrogens is 1. The molecule has 0 atom stereocenters. The van der Waals surface area contributed by atoms with Gasteiger partial charge in [0.15, 0.2) is 0 Å². The lowest BCUT2D eigenvalue weighted by atomic mass is 9.99. The van der Waals surface area contributed by atoms with E-state index in [1.54, 1.807) is 17.4 Å². The number of thiophene rings is 1. The first-order valence-electron chi connectivity index (χ1n) is 13.9. The van der Waals surface area contributed by atoms with E-state index in [0.717, 1.165) is 63.5 Å². The number of nitrogens with one attached hydrogen (secondary N) is 2. The van der Waals surface area contributed by atoms with Crippen LogP contribution in [0.2, 0.25) is 0 Å². The Bertz CT molecular complexity index is 1420. The lowest BCUT2D eigenvalue weighted by Gasteiger charge is -2.16. The molecule has 1 fully saturated rings. The van der Waals surface area contributed by atoms with Crippen LogP contribution in [-0.2, 0) is 0 Å². The van der Waals surface area contributed by atoms with Gasteiger partial charge in [0.2, 0.25) is 5.91 Å². The van der Waals surface area contributed by atoms with Crippen molar-refractivity contribution in [1.29, 1.82) is 0 Å². The smallest absolute Gasteiger partial charge is 0.257 e. The summed E-state index contributed by atoms with van der Waals surface area (Å²) in [6.07, 6.45) is 8.13. The number of benzene rings is 2. The van der Waals surface area contributed by atoms with Gasteiger partial charge in [0.05, 0.1) is 12.1 Å². The molecule has 7 heteroatoms. The van der Waals surface area contributed by atoms with E-state index in [1.165, 1.54) is 39.2 Å². The van der Waals surface area contributed by atoms with Crippen LogP contribution >= 0.6 is 11.3 Å². The molecule has 0 amide bonds. The summed E-state index contributed by atoms with van der Waals surface area (Å²) in [5, 5.41) is 11.3. The number of unbranched alkanes of at least 4 members (excludes halogenated alkanes) is 1.